The van der Waals surface area contributed by atoms with Crippen LogP contribution in [0.3, 0.4) is 0 Å². The zero-order valence-electron chi connectivity index (χ0n) is 11.5. The van der Waals surface area contributed by atoms with Crippen molar-refractivity contribution < 1.29 is 19.1 Å². The lowest BCUT2D eigenvalue weighted by Gasteiger charge is -2.19. The Labute approximate surface area is 112 Å². The Hall–Kier alpha value is -1.89. The number of hydrogen-bond donors (Lipinski definition) is 0. The molecule has 0 aliphatic rings. The molecule has 0 bridgehead atoms. The largest absolute Gasteiger partial charge is 0.468 e. The third kappa shape index (κ3) is 5.52. The van der Waals surface area contributed by atoms with E-state index >= 15 is 0 Å². The monoisotopic (exact) mass is 269 g/mol. The van der Waals surface area contributed by atoms with Gasteiger partial charge in [0.2, 0.25) is 0 Å². The molecule has 0 aliphatic heterocycles. The van der Waals surface area contributed by atoms with Gasteiger partial charge in [-0.3, -0.25) is 19.2 Å². The molecule has 0 amide bonds. The van der Waals surface area contributed by atoms with E-state index < -0.39 is 0 Å². The van der Waals surface area contributed by atoms with Crippen LogP contribution in [0.5, 0.6) is 0 Å². The van der Waals surface area contributed by atoms with Crippen molar-refractivity contribution in [1.29, 1.82) is 0 Å². The molecule has 0 radical (unpaired) electrons. The first-order chi connectivity index (χ1) is 9.05. The lowest BCUT2D eigenvalue weighted by molar-refractivity contribution is -0.145. The van der Waals surface area contributed by atoms with E-state index in [0.29, 0.717) is 13.0 Å². The van der Waals surface area contributed by atoms with Crippen molar-refractivity contribution in [2.75, 3.05) is 33.9 Å². The SMILES string of the molecule is COC(=O)CN(CCc1cnn(C)c1)CC(=O)OC. The summed E-state index contributed by atoms with van der Waals surface area (Å²) < 4.78 is 10.9. The molecule has 0 unspecified atom stereocenters. The van der Waals surface area contributed by atoms with Crippen LogP contribution in [0.15, 0.2) is 12.4 Å². The Morgan fingerprint density at radius 1 is 1.26 bits per heavy atom. The second-order valence-corrected chi connectivity index (χ2v) is 4.14. The summed E-state index contributed by atoms with van der Waals surface area (Å²) in [6, 6.07) is 0. The number of carbonyl (C=O) groups is 2. The Bertz CT molecular complexity index is 412. The molecule has 106 valence electrons. The topological polar surface area (TPSA) is 73.7 Å². The van der Waals surface area contributed by atoms with Crippen LogP contribution in [-0.4, -0.2) is 60.5 Å². The Balaban J connectivity index is 2.52. The van der Waals surface area contributed by atoms with E-state index in [4.69, 9.17) is 0 Å². The van der Waals surface area contributed by atoms with Crippen molar-refractivity contribution in [3.05, 3.63) is 18.0 Å². The lowest BCUT2D eigenvalue weighted by atomic mass is 10.2. The van der Waals surface area contributed by atoms with Crippen LogP contribution < -0.4 is 0 Å². The summed E-state index contributed by atoms with van der Waals surface area (Å²) in [6.45, 7) is 0.674. The number of esters is 2. The molecule has 0 saturated heterocycles. The summed E-state index contributed by atoms with van der Waals surface area (Å²) in [7, 11) is 4.48. The number of hydrogen-bond acceptors (Lipinski definition) is 6. The molecular formula is C12H19N3O4. The molecule has 0 spiro atoms. The van der Waals surface area contributed by atoms with Gasteiger partial charge >= 0.3 is 11.9 Å². The van der Waals surface area contributed by atoms with Gasteiger partial charge < -0.3 is 9.47 Å². The van der Waals surface area contributed by atoms with Crippen molar-refractivity contribution in [2.24, 2.45) is 7.05 Å². The highest BCUT2D eigenvalue weighted by atomic mass is 16.5. The molecule has 0 fully saturated rings. The van der Waals surface area contributed by atoms with Crippen molar-refractivity contribution >= 4 is 11.9 Å². The first-order valence-corrected chi connectivity index (χ1v) is 5.88. The molecule has 7 heteroatoms. The summed E-state index contributed by atoms with van der Waals surface area (Å²) in [6.07, 6.45) is 4.35. The van der Waals surface area contributed by atoms with Gasteiger partial charge in [-0.2, -0.15) is 5.10 Å². The van der Waals surface area contributed by atoms with E-state index in [1.165, 1.54) is 14.2 Å². The first-order valence-electron chi connectivity index (χ1n) is 5.88. The molecular weight excluding hydrogens is 250 g/mol. The standard InChI is InChI=1S/C12H19N3O4/c1-14-7-10(6-13-14)4-5-15(8-11(16)18-2)9-12(17)19-3/h6-7H,4-5,8-9H2,1-3H3. The van der Waals surface area contributed by atoms with Crippen LogP contribution >= 0.6 is 0 Å². The van der Waals surface area contributed by atoms with Crippen LogP contribution in [-0.2, 0) is 32.5 Å². The third-order valence-corrected chi connectivity index (χ3v) is 2.64. The Morgan fingerprint density at radius 2 is 1.84 bits per heavy atom. The molecule has 1 rings (SSSR count). The average Bonchev–Trinajstić information content (AvgIpc) is 2.81. The average molecular weight is 269 g/mol. The molecule has 0 atom stereocenters. The van der Waals surface area contributed by atoms with Crippen molar-refractivity contribution in [3.63, 3.8) is 0 Å². The van der Waals surface area contributed by atoms with Crippen LogP contribution in [0.2, 0.25) is 0 Å². The summed E-state index contributed by atoms with van der Waals surface area (Å²) >= 11 is 0. The predicted octanol–water partition coefficient (Wildman–Crippen LogP) is -0.389. The molecule has 0 aliphatic carbocycles. The summed E-state index contributed by atoms with van der Waals surface area (Å²) in [5.41, 5.74) is 1.04. The van der Waals surface area contributed by atoms with E-state index in [1.54, 1.807) is 15.8 Å². The van der Waals surface area contributed by atoms with Gasteiger partial charge in [-0.15, -0.1) is 0 Å². The molecule has 7 nitrogen and oxygen atoms in total. The van der Waals surface area contributed by atoms with E-state index in [-0.39, 0.29) is 25.0 Å². The zero-order chi connectivity index (χ0) is 14.3. The van der Waals surface area contributed by atoms with E-state index in [9.17, 15) is 9.59 Å². The maximum Gasteiger partial charge on any atom is 0.319 e. The van der Waals surface area contributed by atoms with Crippen molar-refractivity contribution in [3.8, 4) is 0 Å². The number of aryl methyl sites for hydroxylation is 1. The smallest absolute Gasteiger partial charge is 0.319 e. The Kier molecular flexibility index (Phi) is 6.01. The van der Waals surface area contributed by atoms with Gasteiger partial charge in [0, 0.05) is 19.8 Å². The summed E-state index contributed by atoms with van der Waals surface area (Å²) in [4.78, 5) is 24.2. The highest BCUT2D eigenvalue weighted by molar-refractivity contribution is 5.74. The minimum absolute atomic E-state index is 0.0614. The lowest BCUT2D eigenvalue weighted by Crippen LogP contribution is -2.37. The van der Waals surface area contributed by atoms with Crippen LogP contribution in [0, 0.1) is 0 Å². The predicted molar refractivity (Wildman–Crippen MR) is 67.4 cm³/mol. The van der Waals surface area contributed by atoms with Gasteiger partial charge in [0.05, 0.1) is 33.5 Å². The van der Waals surface area contributed by atoms with Crippen LogP contribution in [0.25, 0.3) is 0 Å². The molecule has 0 aromatic carbocycles. The fourth-order valence-corrected chi connectivity index (χ4v) is 1.60. The van der Waals surface area contributed by atoms with Gasteiger partial charge in [0.15, 0.2) is 0 Å². The molecule has 1 aromatic heterocycles. The number of carbonyl (C=O) groups excluding carboxylic acids is 2. The minimum Gasteiger partial charge on any atom is -0.468 e. The van der Waals surface area contributed by atoms with Gasteiger partial charge in [0.25, 0.3) is 0 Å². The number of methoxy groups -OCH3 is 2. The quantitative estimate of drug-likeness (QED) is 0.628. The van der Waals surface area contributed by atoms with Gasteiger partial charge in [-0.25, -0.2) is 0 Å². The summed E-state index contributed by atoms with van der Waals surface area (Å²) in [5, 5.41) is 4.06. The normalized spacial score (nSPS) is 10.5. The van der Waals surface area contributed by atoms with Crippen molar-refractivity contribution in [1.82, 2.24) is 14.7 Å². The fraction of sp³-hybridized carbons (Fsp3) is 0.583. The summed E-state index contributed by atoms with van der Waals surface area (Å²) in [5.74, 6) is -0.759. The highest BCUT2D eigenvalue weighted by Crippen LogP contribution is 2.01. The van der Waals surface area contributed by atoms with Gasteiger partial charge in [-0.1, -0.05) is 0 Å². The second-order valence-electron chi connectivity index (χ2n) is 4.14. The third-order valence-electron chi connectivity index (χ3n) is 2.64. The first kappa shape index (κ1) is 15.2. The van der Waals surface area contributed by atoms with E-state index in [0.717, 1.165) is 5.56 Å². The van der Waals surface area contributed by atoms with Crippen molar-refractivity contribution in [2.45, 2.75) is 6.42 Å². The molecule has 19 heavy (non-hydrogen) atoms. The van der Waals surface area contributed by atoms with Gasteiger partial charge in [-0.05, 0) is 12.0 Å². The van der Waals surface area contributed by atoms with E-state index in [2.05, 4.69) is 14.6 Å². The van der Waals surface area contributed by atoms with Crippen LogP contribution in [0.1, 0.15) is 5.56 Å². The molecule has 0 saturated carbocycles. The maximum atomic E-state index is 11.3. The zero-order valence-corrected chi connectivity index (χ0v) is 11.5. The maximum absolute atomic E-state index is 11.3. The van der Waals surface area contributed by atoms with E-state index in [1.807, 2.05) is 13.2 Å². The second kappa shape index (κ2) is 7.52. The fourth-order valence-electron chi connectivity index (χ4n) is 1.60. The molecule has 1 heterocycles. The number of ether oxygens (including phenoxy) is 2. The van der Waals surface area contributed by atoms with Gasteiger partial charge in [0.1, 0.15) is 0 Å². The minimum atomic E-state index is -0.380. The number of rotatable bonds is 7. The highest BCUT2D eigenvalue weighted by Gasteiger charge is 2.15. The molecule has 0 N–H and O–H groups in total. The molecule has 1 aromatic rings. The van der Waals surface area contributed by atoms with Crippen LogP contribution in [0.4, 0.5) is 0 Å². The Morgan fingerprint density at radius 3 is 2.26 bits per heavy atom. The number of nitrogens with zero attached hydrogens (tertiary/aromatic N) is 3. The number of aromatic nitrogens is 2.